The third-order valence-corrected chi connectivity index (χ3v) is 4.69. The van der Waals surface area contributed by atoms with Gasteiger partial charge in [0.15, 0.2) is 0 Å². The van der Waals surface area contributed by atoms with Crippen molar-refractivity contribution in [2.75, 3.05) is 44.7 Å². The Balaban J connectivity index is 2.06. The van der Waals surface area contributed by atoms with Crippen molar-refractivity contribution < 1.29 is 19.8 Å². The van der Waals surface area contributed by atoms with Gasteiger partial charge in [-0.1, -0.05) is 0 Å². The van der Waals surface area contributed by atoms with Crippen molar-refractivity contribution in [3.63, 3.8) is 0 Å². The van der Waals surface area contributed by atoms with Gasteiger partial charge in [-0.25, -0.2) is 4.98 Å². The maximum Gasteiger partial charge on any atom is 0.322 e. The van der Waals surface area contributed by atoms with Gasteiger partial charge < -0.3 is 29.9 Å². The van der Waals surface area contributed by atoms with Gasteiger partial charge in [0, 0.05) is 38.6 Å². The van der Waals surface area contributed by atoms with Crippen LogP contribution in [0.2, 0.25) is 0 Å². The van der Waals surface area contributed by atoms with E-state index in [1.54, 1.807) is 6.07 Å². The van der Waals surface area contributed by atoms with E-state index >= 15 is 0 Å². The number of carboxylic acids is 1. The van der Waals surface area contributed by atoms with Gasteiger partial charge in [-0.15, -0.1) is 0 Å². The largest absolute Gasteiger partial charge is 0.506 e. The Hall–Kier alpha value is -3.14. The average Bonchev–Trinajstić information content (AvgIpc) is 2.65. The van der Waals surface area contributed by atoms with Crippen molar-refractivity contribution in [3.8, 4) is 5.75 Å². The van der Waals surface area contributed by atoms with Gasteiger partial charge in [0.25, 0.3) is 11.5 Å². The first-order chi connectivity index (χ1) is 12.8. The number of likely N-dealkylation sites (N-methyl/N-ethyl adjacent to an activating group) is 1. The van der Waals surface area contributed by atoms with Crippen LogP contribution in [0.5, 0.6) is 5.75 Å². The highest BCUT2D eigenvalue weighted by Crippen LogP contribution is 2.28. The third kappa shape index (κ3) is 3.56. The molecule has 0 saturated carbocycles. The molecule has 3 heterocycles. The first-order valence-electron chi connectivity index (χ1n) is 8.44. The zero-order valence-electron chi connectivity index (χ0n) is 15.1. The summed E-state index contributed by atoms with van der Waals surface area (Å²) >= 11 is 0. The van der Waals surface area contributed by atoms with Crippen LogP contribution in [0, 0.1) is 0 Å². The maximum atomic E-state index is 12.5. The van der Waals surface area contributed by atoms with Gasteiger partial charge in [-0.3, -0.25) is 14.4 Å². The Bertz CT molecular complexity index is 962. The number of hydrogen-bond donors (Lipinski definition) is 3. The van der Waals surface area contributed by atoms with E-state index < -0.39 is 35.3 Å². The molecule has 1 saturated heterocycles. The van der Waals surface area contributed by atoms with Gasteiger partial charge in [0.2, 0.25) is 0 Å². The van der Waals surface area contributed by atoms with Crippen LogP contribution in [0.1, 0.15) is 10.4 Å². The number of aromatic nitrogens is 2. The predicted octanol–water partition coefficient (Wildman–Crippen LogP) is -0.795. The molecule has 0 aliphatic carbocycles. The molecule has 10 heteroatoms. The quantitative estimate of drug-likeness (QED) is 0.634. The molecule has 1 amide bonds. The lowest BCUT2D eigenvalue weighted by Gasteiger charge is -2.33. The monoisotopic (exact) mass is 375 g/mol. The smallest absolute Gasteiger partial charge is 0.322 e. The van der Waals surface area contributed by atoms with Crippen molar-refractivity contribution in [3.05, 3.63) is 28.2 Å². The van der Waals surface area contributed by atoms with E-state index in [0.29, 0.717) is 16.7 Å². The Morgan fingerprint density at radius 3 is 2.52 bits per heavy atom. The summed E-state index contributed by atoms with van der Waals surface area (Å²) in [6, 6.07) is 1.64. The normalized spacial score (nSPS) is 15.1. The molecule has 2 aromatic rings. The van der Waals surface area contributed by atoms with E-state index in [0.717, 1.165) is 26.2 Å². The van der Waals surface area contributed by atoms with Crippen molar-refractivity contribution in [1.29, 1.82) is 0 Å². The fourth-order valence-corrected chi connectivity index (χ4v) is 3.06. The van der Waals surface area contributed by atoms with Gasteiger partial charge in [-0.2, -0.15) is 0 Å². The number of fused-ring (bicyclic) bond motifs is 1. The predicted molar refractivity (Wildman–Crippen MR) is 98.3 cm³/mol. The number of pyridine rings is 2. The number of rotatable bonds is 4. The molecule has 3 rings (SSSR count). The fraction of sp³-hybridized carbons (Fsp3) is 0.412. The first-order valence-corrected chi connectivity index (χ1v) is 8.44. The van der Waals surface area contributed by atoms with E-state index in [4.69, 9.17) is 5.11 Å². The number of nitrogens with zero attached hydrogens (tertiary/aromatic N) is 4. The molecule has 1 fully saturated rings. The van der Waals surface area contributed by atoms with Crippen LogP contribution < -0.4 is 15.8 Å². The summed E-state index contributed by atoms with van der Waals surface area (Å²) in [7, 11) is 3.50. The standard InChI is InChI=1S/C17H21N5O5/c1-20-3-5-22(6-4-20)12-7-10-11(8-18-12)21(2)17(27)14(15(10)25)16(26)19-9-13(23)24/h7-8,25H,3-6,9H2,1-2H3,(H,19,26)(H,23,24). The van der Waals surface area contributed by atoms with Crippen molar-refractivity contribution in [2.45, 2.75) is 0 Å². The van der Waals surface area contributed by atoms with E-state index in [-0.39, 0.29) is 0 Å². The lowest BCUT2D eigenvalue weighted by molar-refractivity contribution is -0.135. The zero-order valence-corrected chi connectivity index (χ0v) is 15.1. The number of carboxylic acid groups (broad SMARTS) is 1. The second-order valence-corrected chi connectivity index (χ2v) is 6.51. The van der Waals surface area contributed by atoms with E-state index in [1.807, 2.05) is 7.05 Å². The van der Waals surface area contributed by atoms with Gasteiger partial charge >= 0.3 is 5.97 Å². The molecule has 27 heavy (non-hydrogen) atoms. The highest BCUT2D eigenvalue weighted by atomic mass is 16.4. The first kappa shape index (κ1) is 18.6. The Kier molecular flexibility index (Phi) is 5.00. The molecule has 2 aromatic heterocycles. The van der Waals surface area contributed by atoms with E-state index in [9.17, 15) is 19.5 Å². The summed E-state index contributed by atoms with van der Waals surface area (Å²) in [5, 5.41) is 21.7. The second-order valence-electron chi connectivity index (χ2n) is 6.51. The van der Waals surface area contributed by atoms with Crippen molar-refractivity contribution >= 4 is 28.6 Å². The minimum Gasteiger partial charge on any atom is -0.506 e. The Morgan fingerprint density at radius 1 is 1.22 bits per heavy atom. The number of amides is 1. The van der Waals surface area contributed by atoms with E-state index in [1.165, 1.54) is 17.8 Å². The van der Waals surface area contributed by atoms with Gasteiger partial charge in [-0.05, 0) is 13.1 Å². The van der Waals surface area contributed by atoms with Crippen molar-refractivity contribution in [2.24, 2.45) is 7.05 Å². The molecule has 0 spiro atoms. The third-order valence-electron chi connectivity index (χ3n) is 4.69. The SMILES string of the molecule is CN1CCN(c2cc3c(O)c(C(=O)NCC(=O)O)c(=O)n(C)c3cn2)CC1. The molecule has 3 N–H and O–H groups in total. The lowest BCUT2D eigenvalue weighted by atomic mass is 10.1. The summed E-state index contributed by atoms with van der Waals surface area (Å²) in [5.74, 6) is -2.02. The van der Waals surface area contributed by atoms with Gasteiger partial charge in [0.1, 0.15) is 23.7 Å². The van der Waals surface area contributed by atoms with E-state index in [2.05, 4.69) is 20.1 Å². The number of anilines is 1. The molecule has 1 aliphatic rings. The molecule has 0 radical (unpaired) electrons. The van der Waals surface area contributed by atoms with Crippen LogP contribution in [0.25, 0.3) is 10.9 Å². The number of nitrogens with one attached hydrogen (secondary N) is 1. The Morgan fingerprint density at radius 2 is 1.89 bits per heavy atom. The fourth-order valence-electron chi connectivity index (χ4n) is 3.06. The maximum absolute atomic E-state index is 12.5. The molecule has 144 valence electrons. The highest BCUT2D eigenvalue weighted by molar-refractivity contribution is 6.03. The average molecular weight is 375 g/mol. The topological polar surface area (TPSA) is 128 Å². The Labute approximate surface area is 154 Å². The lowest BCUT2D eigenvalue weighted by Crippen LogP contribution is -2.44. The number of aromatic hydroxyl groups is 1. The second kappa shape index (κ2) is 7.23. The summed E-state index contributed by atoms with van der Waals surface area (Å²) in [6.45, 7) is 2.65. The molecule has 0 unspecified atom stereocenters. The molecule has 0 aromatic carbocycles. The van der Waals surface area contributed by atoms with Crippen LogP contribution in [0.3, 0.4) is 0 Å². The summed E-state index contributed by atoms with van der Waals surface area (Å²) < 4.78 is 1.21. The highest BCUT2D eigenvalue weighted by Gasteiger charge is 2.23. The van der Waals surface area contributed by atoms with Crippen LogP contribution in [0.15, 0.2) is 17.1 Å². The molecular weight excluding hydrogens is 354 g/mol. The van der Waals surface area contributed by atoms with Crippen molar-refractivity contribution in [1.82, 2.24) is 19.8 Å². The molecule has 0 atom stereocenters. The zero-order chi connectivity index (χ0) is 19.7. The molecular formula is C17H21N5O5. The number of hydrogen-bond acceptors (Lipinski definition) is 7. The summed E-state index contributed by atoms with van der Waals surface area (Å²) in [4.78, 5) is 44.0. The number of aliphatic carboxylic acids is 1. The number of carbonyl (C=O) groups excluding carboxylic acids is 1. The van der Waals surface area contributed by atoms with Crippen LogP contribution in [0.4, 0.5) is 5.82 Å². The molecule has 0 bridgehead atoms. The minimum absolute atomic E-state index is 0.307. The summed E-state index contributed by atoms with van der Waals surface area (Å²) in [5.41, 5.74) is -0.830. The van der Waals surface area contributed by atoms with Crippen LogP contribution in [-0.2, 0) is 11.8 Å². The van der Waals surface area contributed by atoms with Crippen LogP contribution in [-0.4, -0.2) is 76.3 Å². The van der Waals surface area contributed by atoms with Crippen LogP contribution >= 0.6 is 0 Å². The number of aryl methyl sites for hydroxylation is 1. The minimum atomic E-state index is -1.25. The molecule has 10 nitrogen and oxygen atoms in total. The van der Waals surface area contributed by atoms with Gasteiger partial charge in [0.05, 0.1) is 11.7 Å². The molecule has 1 aliphatic heterocycles. The summed E-state index contributed by atoms with van der Waals surface area (Å²) in [6.07, 6.45) is 1.49. The number of piperazine rings is 1. The number of carbonyl (C=O) groups is 2.